The number of hydrogen-bond donors (Lipinski definition) is 2. The van der Waals surface area contributed by atoms with E-state index in [2.05, 4.69) is 10.5 Å². The van der Waals surface area contributed by atoms with Gasteiger partial charge in [0.1, 0.15) is 11.7 Å². The first-order valence-corrected chi connectivity index (χ1v) is 4.39. The van der Waals surface area contributed by atoms with E-state index < -0.39 is 6.04 Å². The van der Waals surface area contributed by atoms with Crippen molar-refractivity contribution in [3.63, 3.8) is 0 Å². The van der Waals surface area contributed by atoms with E-state index in [9.17, 15) is 4.79 Å². The number of nitrogens with one attached hydrogen (secondary N) is 1. The summed E-state index contributed by atoms with van der Waals surface area (Å²) in [6.07, 6.45) is 0.443. The number of carbonyl (C=O) groups is 1. The summed E-state index contributed by atoms with van der Waals surface area (Å²) in [6, 6.07) is -0.394. The van der Waals surface area contributed by atoms with E-state index in [1.165, 1.54) is 0 Å². The Hall–Kier alpha value is -1.72. The Morgan fingerprint density at radius 1 is 1.86 bits per heavy atom. The normalized spacial score (nSPS) is 18.8. The number of fused-ring (bicyclic) bond motifs is 1. The minimum absolute atomic E-state index is 0.284. The summed E-state index contributed by atoms with van der Waals surface area (Å²) in [7, 11) is 0. The highest BCUT2D eigenvalue weighted by molar-refractivity contribution is 5.84. The van der Waals surface area contributed by atoms with Crippen LogP contribution in [-0.2, 0) is 16.0 Å². The molecule has 1 aromatic heterocycles. The van der Waals surface area contributed by atoms with Crippen molar-refractivity contribution >= 4 is 17.5 Å². The number of rotatable bonds is 2. The highest BCUT2D eigenvalue weighted by Gasteiger charge is 2.32. The van der Waals surface area contributed by atoms with Crippen LogP contribution in [0, 0.1) is 0 Å². The highest BCUT2D eigenvalue weighted by atomic mass is 16.5. The Labute approximate surface area is 80.4 Å². The molecule has 0 aliphatic carbocycles. The molecule has 0 spiro atoms. The van der Waals surface area contributed by atoms with E-state index in [1.54, 1.807) is 6.92 Å². The van der Waals surface area contributed by atoms with E-state index in [0.717, 1.165) is 0 Å². The van der Waals surface area contributed by atoms with Crippen LogP contribution in [0.2, 0.25) is 0 Å². The molecule has 3 N–H and O–H groups in total. The first kappa shape index (κ1) is 8.86. The molecule has 0 radical (unpaired) electrons. The van der Waals surface area contributed by atoms with Gasteiger partial charge in [0.05, 0.1) is 6.61 Å². The van der Waals surface area contributed by atoms with Crippen LogP contribution in [0.1, 0.15) is 12.7 Å². The zero-order valence-corrected chi connectivity index (χ0v) is 7.74. The third kappa shape index (κ3) is 1.28. The fourth-order valence-corrected chi connectivity index (χ4v) is 1.43. The van der Waals surface area contributed by atoms with Gasteiger partial charge in [-0.25, -0.2) is 4.79 Å². The van der Waals surface area contributed by atoms with Gasteiger partial charge in [-0.3, -0.25) is 0 Å². The van der Waals surface area contributed by atoms with Crippen molar-refractivity contribution in [3.8, 4) is 0 Å². The molecule has 1 unspecified atom stereocenters. The summed E-state index contributed by atoms with van der Waals surface area (Å²) in [5, 5.41) is 6.48. The molecule has 0 saturated heterocycles. The molecule has 1 aliphatic heterocycles. The van der Waals surface area contributed by atoms with Crippen molar-refractivity contribution in [1.82, 2.24) is 5.16 Å². The SMILES string of the molecule is CCOC(=O)C1Cc2onc(N)c2N1. The van der Waals surface area contributed by atoms with Gasteiger partial charge in [0.15, 0.2) is 11.6 Å². The lowest BCUT2D eigenvalue weighted by molar-refractivity contribution is -0.143. The number of nitrogens with zero attached hydrogens (tertiary/aromatic N) is 1. The van der Waals surface area contributed by atoms with Gasteiger partial charge in [-0.1, -0.05) is 5.16 Å². The third-order valence-corrected chi connectivity index (χ3v) is 2.07. The van der Waals surface area contributed by atoms with E-state index in [1.807, 2.05) is 0 Å². The number of nitrogens with two attached hydrogens (primary N) is 1. The number of anilines is 2. The Morgan fingerprint density at radius 2 is 2.64 bits per heavy atom. The monoisotopic (exact) mass is 197 g/mol. The van der Waals surface area contributed by atoms with Gasteiger partial charge >= 0.3 is 5.97 Å². The first-order valence-electron chi connectivity index (χ1n) is 4.39. The minimum Gasteiger partial charge on any atom is -0.464 e. The topological polar surface area (TPSA) is 90.4 Å². The average molecular weight is 197 g/mol. The number of aromatic nitrogens is 1. The van der Waals surface area contributed by atoms with Gasteiger partial charge in [-0.2, -0.15) is 0 Å². The standard InChI is InChI=1S/C8H11N3O3/c1-2-13-8(12)4-3-5-6(10-4)7(9)11-14-5/h4,10H,2-3H2,1H3,(H2,9,11). The molecule has 0 saturated carbocycles. The van der Waals surface area contributed by atoms with Crippen LogP contribution in [-0.4, -0.2) is 23.8 Å². The predicted molar refractivity (Wildman–Crippen MR) is 48.7 cm³/mol. The second-order valence-electron chi connectivity index (χ2n) is 3.02. The second-order valence-corrected chi connectivity index (χ2v) is 3.02. The Morgan fingerprint density at radius 3 is 3.29 bits per heavy atom. The summed E-state index contributed by atoms with van der Waals surface area (Å²) in [6.45, 7) is 2.13. The van der Waals surface area contributed by atoms with E-state index in [-0.39, 0.29) is 11.8 Å². The highest BCUT2D eigenvalue weighted by Crippen LogP contribution is 2.31. The number of ether oxygens (including phenoxy) is 1. The molecule has 6 heteroatoms. The Bertz CT molecular complexity index is 361. The van der Waals surface area contributed by atoms with Gasteiger partial charge in [-0.15, -0.1) is 0 Å². The maximum absolute atomic E-state index is 11.3. The zero-order chi connectivity index (χ0) is 10.1. The molecule has 0 aromatic carbocycles. The van der Waals surface area contributed by atoms with Gasteiger partial charge in [-0.05, 0) is 6.92 Å². The maximum atomic E-state index is 11.3. The molecule has 0 bridgehead atoms. The summed E-state index contributed by atoms with van der Waals surface area (Å²) in [5.74, 6) is 0.602. The molecule has 0 fully saturated rings. The van der Waals surface area contributed by atoms with E-state index in [0.29, 0.717) is 24.5 Å². The van der Waals surface area contributed by atoms with E-state index >= 15 is 0 Å². The van der Waals surface area contributed by atoms with Crippen LogP contribution in [0.3, 0.4) is 0 Å². The van der Waals surface area contributed by atoms with Gasteiger partial charge in [0.25, 0.3) is 0 Å². The van der Waals surface area contributed by atoms with Crippen molar-refractivity contribution in [1.29, 1.82) is 0 Å². The van der Waals surface area contributed by atoms with Crippen molar-refractivity contribution < 1.29 is 14.1 Å². The average Bonchev–Trinajstić information content (AvgIpc) is 2.69. The lowest BCUT2D eigenvalue weighted by atomic mass is 10.2. The largest absolute Gasteiger partial charge is 0.464 e. The predicted octanol–water partition coefficient (Wildman–Crippen LogP) is 0.157. The van der Waals surface area contributed by atoms with Crippen LogP contribution in [0.25, 0.3) is 0 Å². The van der Waals surface area contributed by atoms with Crippen molar-refractivity contribution in [2.45, 2.75) is 19.4 Å². The summed E-state index contributed by atoms with van der Waals surface area (Å²) in [5.41, 5.74) is 6.12. The quantitative estimate of drug-likeness (QED) is 0.656. The number of hydrogen-bond acceptors (Lipinski definition) is 6. The number of carbonyl (C=O) groups excluding carboxylic acids is 1. The molecule has 1 aromatic rings. The van der Waals surface area contributed by atoms with Gasteiger partial charge < -0.3 is 20.3 Å². The summed E-state index contributed by atoms with van der Waals surface area (Å²) >= 11 is 0. The molecule has 14 heavy (non-hydrogen) atoms. The smallest absolute Gasteiger partial charge is 0.329 e. The Balaban J connectivity index is 2.08. The molecular formula is C8H11N3O3. The van der Waals surface area contributed by atoms with Crippen LogP contribution in [0.15, 0.2) is 4.52 Å². The van der Waals surface area contributed by atoms with Crippen molar-refractivity contribution in [3.05, 3.63) is 5.76 Å². The molecular weight excluding hydrogens is 186 g/mol. The van der Waals surface area contributed by atoms with Gasteiger partial charge in [0.2, 0.25) is 0 Å². The maximum Gasteiger partial charge on any atom is 0.329 e. The number of esters is 1. The van der Waals surface area contributed by atoms with Crippen molar-refractivity contribution in [2.24, 2.45) is 0 Å². The lowest BCUT2D eigenvalue weighted by Crippen LogP contribution is -2.29. The summed E-state index contributed by atoms with van der Waals surface area (Å²) in [4.78, 5) is 11.3. The molecule has 1 aliphatic rings. The third-order valence-electron chi connectivity index (χ3n) is 2.07. The minimum atomic E-state index is -0.394. The fourth-order valence-electron chi connectivity index (χ4n) is 1.43. The fraction of sp³-hybridized carbons (Fsp3) is 0.500. The van der Waals surface area contributed by atoms with Crippen LogP contribution in [0.4, 0.5) is 11.5 Å². The molecule has 2 rings (SSSR count). The van der Waals surface area contributed by atoms with E-state index in [4.69, 9.17) is 15.0 Å². The van der Waals surface area contributed by atoms with Crippen LogP contribution >= 0.6 is 0 Å². The van der Waals surface area contributed by atoms with Gasteiger partial charge in [0, 0.05) is 6.42 Å². The molecule has 2 heterocycles. The second kappa shape index (κ2) is 3.21. The molecule has 0 amide bonds. The zero-order valence-electron chi connectivity index (χ0n) is 7.74. The molecule has 1 atom stereocenters. The van der Waals surface area contributed by atoms with Crippen LogP contribution in [0.5, 0.6) is 0 Å². The first-order chi connectivity index (χ1) is 6.72. The lowest BCUT2D eigenvalue weighted by Gasteiger charge is -2.09. The molecule has 76 valence electrons. The number of nitrogen functional groups attached to an aromatic ring is 1. The van der Waals surface area contributed by atoms with Crippen LogP contribution < -0.4 is 11.1 Å². The Kier molecular flexibility index (Phi) is 2.03. The summed E-state index contributed by atoms with van der Waals surface area (Å²) < 4.78 is 9.78. The molecule has 6 nitrogen and oxygen atoms in total. The van der Waals surface area contributed by atoms with Crippen molar-refractivity contribution in [2.75, 3.05) is 17.7 Å².